The lowest BCUT2D eigenvalue weighted by Crippen LogP contribution is -2.45. The van der Waals surface area contributed by atoms with Gasteiger partial charge in [-0.05, 0) is 86.1 Å². The van der Waals surface area contributed by atoms with Crippen molar-refractivity contribution in [3.05, 3.63) is 53.1 Å². The van der Waals surface area contributed by atoms with Crippen molar-refractivity contribution >= 4 is 11.4 Å². The van der Waals surface area contributed by atoms with E-state index in [4.69, 9.17) is 4.74 Å². The highest BCUT2D eigenvalue weighted by Gasteiger charge is 2.37. The maximum atomic E-state index is 5.34. The Morgan fingerprint density at radius 2 is 1.76 bits per heavy atom. The van der Waals surface area contributed by atoms with Crippen molar-refractivity contribution in [2.24, 2.45) is 0 Å². The van der Waals surface area contributed by atoms with Crippen LogP contribution in [0.1, 0.15) is 69.6 Å². The molecule has 0 spiro atoms. The Labute approximate surface area is 152 Å². The predicted octanol–water partition coefficient (Wildman–Crippen LogP) is 6.55. The molecule has 1 atom stereocenters. The summed E-state index contributed by atoms with van der Waals surface area (Å²) in [6, 6.07) is 13.3. The van der Waals surface area contributed by atoms with Crippen LogP contribution in [-0.4, -0.2) is 12.6 Å². The van der Waals surface area contributed by atoms with Gasteiger partial charge in [0.1, 0.15) is 5.75 Å². The van der Waals surface area contributed by atoms with Crippen LogP contribution in [0, 0.1) is 6.92 Å². The maximum Gasteiger partial charge on any atom is 0.119 e. The molecule has 2 aromatic carbocycles. The third kappa shape index (κ3) is 3.15. The fourth-order valence-corrected chi connectivity index (χ4v) is 4.43. The van der Waals surface area contributed by atoms with E-state index in [0.29, 0.717) is 11.8 Å². The third-order valence-corrected chi connectivity index (χ3v) is 5.55. The van der Waals surface area contributed by atoms with Crippen molar-refractivity contribution in [2.45, 2.75) is 65.3 Å². The van der Waals surface area contributed by atoms with E-state index < -0.39 is 0 Å². The van der Waals surface area contributed by atoms with Gasteiger partial charge in [-0.2, -0.15) is 0 Å². The molecule has 3 rings (SSSR count). The van der Waals surface area contributed by atoms with Crippen molar-refractivity contribution in [1.29, 1.82) is 0 Å². The van der Waals surface area contributed by atoms with Crippen LogP contribution in [0.4, 0.5) is 11.4 Å². The Hall–Kier alpha value is -1.96. The fourth-order valence-electron chi connectivity index (χ4n) is 4.43. The van der Waals surface area contributed by atoms with Crippen LogP contribution < -0.4 is 9.64 Å². The molecular weight excluding hydrogens is 306 g/mol. The van der Waals surface area contributed by atoms with Crippen molar-refractivity contribution in [1.82, 2.24) is 0 Å². The van der Waals surface area contributed by atoms with Gasteiger partial charge in [-0.3, -0.25) is 0 Å². The van der Waals surface area contributed by atoms with Crippen LogP contribution in [0.15, 0.2) is 36.4 Å². The number of methoxy groups -OCH3 is 1. The first-order valence-electron chi connectivity index (χ1n) is 9.33. The third-order valence-electron chi connectivity index (χ3n) is 5.55. The van der Waals surface area contributed by atoms with Crippen molar-refractivity contribution in [2.75, 3.05) is 12.0 Å². The van der Waals surface area contributed by atoms with Gasteiger partial charge in [0.15, 0.2) is 0 Å². The molecule has 0 amide bonds. The summed E-state index contributed by atoms with van der Waals surface area (Å²) in [5, 5.41) is 0. The van der Waals surface area contributed by atoms with Gasteiger partial charge < -0.3 is 9.64 Å². The minimum absolute atomic E-state index is 0.0762. The number of rotatable bonds is 3. The van der Waals surface area contributed by atoms with Crippen LogP contribution in [0.3, 0.4) is 0 Å². The first-order chi connectivity index (χ1) is 11.7. The lowest BCUT2D eigenvalue weighted by Gasteiger charge is -2.48. The maximum absolute atomic E-state index is 5.34. The van der Waals surface area contributed by atoms with Gasteiger partial charge in [-0.15, -0.1) is 0 Å². The van der Waals surface area contributed by atoms with Crippen molar-refractivity contribution in [3.8, 4) is 5.75 Å². The molecule has 0 bridgehead atoms. The number of benzene rings is 2. The van der Waals surface area contributed by atoms with E-state index in [1.807, 2.05) is 0 Å². The van der Waals surface area contributed by atoms with Gasteiger partial charge in [-0.1, -0.05) is 26.8 Å². The van der Waals surface area contributed by atoms with Crippen LogP contribution in [0.2, 0.25) is 0 Å². The number of aryl methyl sites for hydroxylation is 1. The van der Waals surface area contributed by atoms with Gasteiger partial charge in [-0.25, -0.2) is 0 Å². The number of fused-ring (bicyclic) bond motifs is 1. The van der Waals surface area contributed by atoms with E-state index in [0.717, 1.165) is 12.2 Å². The Balaban J connectivity index is 2.17. The minimum Gasteiger partial charge on any atom is -0.497 e. The zero-order chi connectivity index (χ0) is 18.4. The van der Waals surface area contributed by atoms with E-state index in [2.05, 4.69) is 82.8 Å². The fraction of sp³-hybridized carbons (Fsp3) is 0.478. The second-order valence-electron chi connectivity index (χ2n) is 8.37. The average Bonchev–Trinajstić information content (AvgIpc) is 2.53. The molecule has 2 aromatic rings. The summed E-state index contributed by atoms with van der Waals surface area (Å²) in [6.07, 6.45) is 1.15. The van der Waals surface area contributed by atoms with Crippen LogP contribution in [-0.2, 0) is 0 Å². The molecule has 0 saturated carbocycles. The number of anilines is 2. The van der Waals surface area contributed by atoms with E-state index in [1.54, 1.807) is 7.11 Å². The molecule has 1 aliphatic heterocycles. The molecule has 2 heteroatoms. The predicted molar refractivity (Wildman–Crippen MR) is 108 cm³/mol. The topological polar surface area (TPSA) is 12.5 Å². The SMILES string of the molecule is COc1ccc(N2c3cc(C)c(C(C)C)cc3C(C)CC2(C)C)cc1. The largest absolute Gasteiger partial charge is 0.497 e. The number of nitrogens with zero attached hydrogens (tertiary/aromatic N) is 1. The van der Waals surface area contributed by atoms with E-state index in [1.165, 1.54) is 28.1 Å². The van der Waals surface area contributed by atoms with Crippen molar-refractivity contribution in [3.63, 3.8) is 0 Å². The molecule has 0 radical (unpaired) electrons. The van der Waals surface area contributed by atoms with Gasteiger partial charge in [0.2, 0.25) is 0 Å². The Morgan fingerprint density at radius 1 is 1.12 bits per heavy atom. The first-order valence-corrected chi connectivity index (χ1v) is 9.33. The summed E-state index contributed by atoms with van der Waals surface area (Å²) in [6.45, 7) is 13.9. The highest BCUT2D eigenvalue weighted by Crippen LogP contribution is 2.48. The molecule has 1 unspecified atom stereocenters. The number of ether oxygens (including phenoxy) is 1. The summed E-state index contributed by atoms with van der Waals surface area (Å²) in [7, 11) is 1.72. The average molecular weight is 338 g/mol. The molecule has 0 saturated heterocycles. The molecule has 25 heavy (non-hydrogen) atoms. The minimum atomic E-state index is 0.0762. The summed E-state index contributed by atoms with van der Waals surface area (Å²) >= 11 is 0. The first kappa shape index (κ1) is 17.8. The summed E-state index contributed by atoms with van der Waals surface area (Å²) in [4.78, 5) is 2.51. The standard InChI is InChI=1S/C23H31NO/c1-15(2)20-13-21-17(4)14-23(5,6)24(22(21)12-16(20)3)18-8-10-19(25-7)11-9-18/h8-13,15,17H,14H2,1-7H3. The molecule has 2 nitrogen and oxygen atoms in total. The number of hydrogen-bond donors (Lipinski definition) is 0. The Bertz CT molecular complexity index is 758. The molecule has 1 aliphatic rings. The van der Waals surface area contributed by atoms with Gasteiger partial charge in [0.25, 0.3) is 0 Å². The quantitative estimate of drug-likeness (QED) is 0.629. The smallest absolute Gasteiger partial charge is 0.119 e. The second-order valence-corrected chi connectivity index (χ2v) is 8.37. The summed E-state index contributed by atoms with van der Waals surface area (Å²) < 4.78 is 5.34. The molecule has 0 fully saturated rings. The van der Waals surface area contributed by atoms with Crippen LogP contribution >= 0.6 is 0 Å². The molecular formula is C23H31NO. The lowest BCUT2D eigenvalue weighted by molar-refractivity contribution is 0.406. The van der Waals surface area contributed by atoms with Crippen LogP contribution in [0.25, 0.3) is 0 Å². The number of hydrogen-bond acceptors (Lipinski definition) is 2. The van der Waals surface area contributed by atoms with Crippen molar-refractivity contribution < 1.29 is 4.74 Å². The van der Waals surface area contributed by atoms with E-state index >= 15 is 0 Å². The molecule has 1 heterocycles. The molecule has 0 aromatic heterocycles. The highest BCUT2D eigenvalue weighted by atomic mass is 16.5. The molecule has 134 valence electrons. The van der Waals surface area contributed by atoms with Gasteiger partial charge >= 0.3 is 0 Å². The highest BCUT2D eigenvalue weighted by molar-refractivity contribution is 5.73. The summed E-state index contributed by atoms with van der Waals surface area (Å²) in [5.41, 5.74) is 7.00. The normalized spacial score (nSPS) is 19.0. The van der Waals surface area contributed by atoms with Gasteiger partial charge in [0, 0.05) is 16.9 Å². The molecule has 0 N–H and O–H groups in total. The monoisotopic (exact) mass is 337 g/mol. The second kappa shape index (κ2) is 6.40. The van der Waals surface area contributed by atoms with Crippen LogP contribution in [0.5, 0.6) is 5.75 Å². The zero-order valence-electron chi connectivity index (χ0n) is 16.7. The Morgan fingerprint density at radius 3 is 2.32 bits per heavy atom. The van der Waals surface area contributed by atoms with E-state index in [9.17, 15) is 0 Å². The Kier molecular flexibility index (Phi) is 4.57. The lowest BCUT2D eigenvalue weighted by atomic mass is 9.78. The van der Waals surface area contributed by atoms with Gasteiger partial charge in [0.05, 0.1) is 7.11 Å². The van der Waals surface area contributed by atoms with E-state index in [-0.39, 0.29) is 5.54 Å². The molecule has 0 aliphatic carbocycles. The zero-order valence-corrected chi connectivity index (χ0v) is 16.7. The summed E-state index contributed by atoms with van der Waals surface area (Å²) in [5.74, 6) is 2.03.